The molecule has 2 aliphatic heterocycles. The predicted octanol–water partition coefficient (Wildman–Crippen LogP) is 1.04. The van der Waals surface area contributed by atoms with E-state index in [1.165, 1.54) is 5.56 Å². The van der Waals surface area contributed by atoms with Crippen LogP contribution in [-0.2, 0) is 22.5 Å². The molecule has 0 unspecified atom stereocenters. The van der Waals surface area contributed by atoms with Gasteiger partial charge in [-0.2, -0.15) is 0 Å². The number of nitrogens with zero attached hydrogens (tertiary/aromatic N) is 1. The smallest absolute Gasteiger partial charge is 0.458 e. The third-order valence-electron chi connectivity index (χ3n) is 5.21. The number of nitrogens with two attached hydrogens (primary N) is 1. The maximum Gasteiger partial charge on any atom is 0.458 e. The minimum atomic E-state index is -1.09. The van der Waals surface area contributed by atoms with Crippen molar-refractivity contribution in [3.05, 3.63) is 34.9 Å². The van der Waals surface area contributed by atoms with E-state index < -0.39 is 19.2 Å². The number of rotatable bonds is 7. The van der Waals surface area contributed by atoms with Crippen molar-refractivity contribution in [1.82, 2.24) is 4.90 Å². The number of hydrogen-bond acceptors (Lipinski definition) is 6. The van der Waals surface area contributed by atoms with Crippen molar-refractivity contribution in [2.45, 2.75) is 50.7 Å². The molecule has 4 N–H and O–H groups in total. The molecule has 7 nitrogen and oxygen atoms in total. The molecule has 2 heterocycles. The fourth-order valence-electron chi connectivity index (χ4n) is 3.80. The maximum atomic E-state index is 12.6. The Kier molecular flexibility index (Phi) is 6.08. The lowest BCUT2D eigenvalue weighted by Crippen LogP contribution is -2.38. The van der Waals surface area contributed by atoms with Gasteiger partial charge >= 0.3 is 13.1 Å². The van der Waals surface area contributed by atoms with Crippen LogP contribution < -0.4 is 5.73 Å². The molecule has 0 spiro atoms. The zero-order chi connectivity index (χ0) is 18.7. The van der Waals surface area contributed by atoms with Crippen LogP contribution in [0.25, 0.3) is 0 Å². The van der Waals surface area contributed by atoms with Gasteiger partial charge in [0.25, 0.3) is 0 Å². The standard InChI is InChI=1S/C18H25BN2O5/c20-5-6-21-10-13-2-1-12(7-14(13)11-21)17(22)8-15-3-4-16(9-18(23)24)26-19(15)25/h1-2,7,15-16,25H,3-6,8-11,20H2,(H,23,24)/t15-,16+/m1/s1. The van der Waals surface area contributed by atoms with Crippen molar-refractivity contribution >= 4 is 18.9 Å². The summed E-state index contributed by atoms with van der Waals surface area (Å²) < 4.78 is 5.37. The van der Waals surface area contributed by atoms with Gasteiger partial charge in [0, 0.05) is 44.0 Å². The summed E-state index contributed by atoms with van der Waals surface area (Å²) in [4.78, 5) is 25.6. The first-order chi connectivity index (χ1) is 12.5. The van der Waals surface area contributed by atoms with Crippen molar-refractivity contribution in [2.75, 3.05) is 13.1 Å². The number of ketones is 1. The predicted molar refractivity (Wildman–Crippen MR) is 96.6 cm³/mol. The summed E-state index contributed by atoms with van der Waals surface area (Å²) in [5, 5.41) is 18.9. The summed E-state index contributed by atoms with van der Waals surface area (Å²) in [5.41, 5.74) is 8.65. The van der Waals surface area contributed by atoms with Crippen molar-refractivity contribution < 1.29 is 24.4 Å². The molecule has 1 saturated heterocycles. The molecule has 0 aromatic heterocycles. The highest BCUT2D eigenvalue weighted by molar-refractivity contribution is 6.45. The van der Waals surface area contributed by atoms with E-state index in [0.717, 1.165) is 25.2 Å². The summed E-state index contributed by atoms with van der Waals surface area (Å²) in [6.45, 7) is 3.12. The molecular weight excluding hydrogens is 335 g/mol. The molecule has 0 bridgehead atoms. The van der Waals surface area contributed by atoms with E-state index in [1.54, 1.807) is 0 Å². The van der Waals surface area contributed by atoms with Gasteiger partial charge in [-0.05, 0) is 30.0 Å². The number of carbonyl (C=O) groups excluding carboxylic acids is 1. The largest absolute Gasteiger partial charge is 0.481 e. The van der Waals surface area contributed by atoms with E-state index in [0.29, 0.717) is 24.9 Å². The van der Waals surface area contributed by atoms with Crippen molar-refractivity contribution in [1.29, 1.82) is 0 Å². The number of Topliss-reactive ketones (excluding diaryl/α,β-unsaturated/α-hetero) is 1. The number of aliphatic carboxylic acids is 1. The van der Waals surface area contributed by atoms with Crippen LogP contribution in [0.5, 0.6) is 0 Å². The molecule has 2 atom stereocenters. The van der Waals surface area contributed by atoms with Crippen LogP contribution in [0.15, 0.2) is 18.2 Å². The molecule has 0 radical (unpaired) electrons. The first-order valence-corrected chi connectivity index (χ1v) is 9.09. The number of carboxylic acids is 1. The Morgan fingerprint density at radius 2 is 2.00 bits per heavy atom. The average Bonchev–Trinajstić information content (AvgIpc) is 2.98. The summed E-state index contributed by atoms with van der Waals surface area (Å²) in [5.74, 6) is -1.26. The molecule has 1 aromatic rings. The number of benzene rings is 1. The van der Waals surface area contributed by atoms with Crippen LogP contribution in [-0.4, -0.2) is 53.1 Å². The first-order valence-electron chi connectivity index (χ1n) is 9.09. The number of carboxylic acid groups (broad SMARTS) is 1. The van der Waals surface area contributed by atoms with E-state index >= 15 is 0 Å². The molecule has 0 aliphatic carbocycles. The monoisotopic (exact) mass is 360 g/mol. The minimum absolute atomic E-state index is 0.0191. The topological polar surface area (TPSA) is 113 Å². The fourth-order valence-corrected chi connectivity index (χ4v) is 3.80. The lowest BCUT2D eigenvalue weighted by Gasteiger charge is -2.30. The Bertz CT molecular complexity index is 684. The zero-order valence-electron chi connectivity index (χ0n) is 14.8. The second-order valence-electron chi connectivity index (χ2n) is 7.19. The number of hydrogen-bond donors (Lipinski definition) is 3. The molecule has 26 heavy (non-hydrogen) atoms. The van der Waals surface area contributed by atoms with Gasteiger partial charge in [-0.3, -0.25) is 14.5 Å². The van der Waals surface area contributed by atoms with Gasteiger partial charge in [-0.25, -0.2) is 0 Å². The van der Waals surface area contributed by atoms with E-state index in [9.17, 15) is 14.6 Å². The number of fused-ring (bicyclic) bond motifs is 1. The molecule has 0 amide bonds. The minimum Gasteiger partial charge on any atom is -0.481 e. The summed E-state index contributed by atoms with van der Waals surface area (Å²) in [6, 6.07) is 5.78. The second-order valence-corrected chi connectivity index (χ2v) is 7.19. The molecule has 0 saturated carbocycles. The van der Waals surface area contributed by atoms with E-state index in [1.807, 2.05) is 18.2 Å². The van der Waals surface area contributed by atoms with Crippen molar-refractivity contribution in [3.63, 3.8) is 0 Å². The summed E-state index contributed by atoms with van der Waals surface area (Å²) >= 11 is 0. The fraction of sp³-hybridized carbons (Fsp3) is 0.556. The number of carbonyl (C=O) groups is 2. The third kappa shape index (κ3) is 4.51. The molecule has 140 valence electrons. The third-order valence-corrected chi connectivity index (χ3v) is 5.21. The van der Waals surface area contributed by atoms with Gasteiger partial charge < -0.3 is 20.5 Å². The molecule has 1 fully saturated rings. The highest BCUT2D eigenvalue weighted by Gasteiger charge is 2.37. The van der Waals surface area contributed by atoms with Gasteiger partial charge in [0.2, 0.25) is 0 Å². The summed E-state index contributed by atoms with van der Waals surface area (Å²) in [7, 11) is -1.09. The second kappa shape index (κ2) is 8.31. The highest BCUT2D eigenvalue weighted by atomic mass is 16.5. The quantitative estimate of drug-likeness (QED) is 0.492. The van der Waals surface area contributed by atoms with Crippen molar-refractivity contribution in [3.8, 4) is 0 Å². The Labute approximate surface area is 153 Å². The Balaban J connectivity index is 1.58. The van der Waals surface area contributed by atoms with Crippen molar-refractivity contribution in [2.24, 2.45) is 5.73 Å². The molecule has 1 aromatic carbocycles. The average molecular weight is 360 g/mol. The van der Waals surface area contributed by atoms with Gasteiger partial charge in [-0.1, -0.05) is 12.1 Å². The van der Waals surface area contributed by atoms with Gasteiger partial charge in [0.1, 0.15) is 0 Å². The summed E-state index contributed by atoms with van der Waals surface area (Å²) in [6.07, 6.45) is 0.718. The Morgan fingerprint density at radius 1 is 1.23 bits per heavy atom. The molecule has 8 heteroatoms. The normalized spacial score (nSPS) is 23.1. The van der Waals surface area contributed by atoms with Crippen LogP contribution in [0, 0.1) is 0 Å². The van der Waals surface area contributed by atoms with Crippen LogP contribution in [0.2, 0.25) is 5.82 Å². The molecular formula is C18H25BN2O5. The molecule has 3 rings (SSSR count). The molecule has 2 aliphatic rings. The van der Waals surface area contributed by atoms with E-state index in [2.05, 4.69) is 4.90 Å². The Hall–Kier alpha value is -1.74. The van der Waals surface area contributed by atoms with Gasteiger partial charge in [0.15, 0.2) is 5.78 Å². The van der Waals surface area contributed by atoms with Crippen LogP contribution >= 0.6 is 0 Å². The van der Waals surface area contributed by atoms with Gasteiger partial charge in [-0.15, -0.1) is 0 Å². The van der Waals surface area contributed by atoms with Crippen LogP contribution in [0.4, 0.5) is 0 Å². The first kappa shape index (κ1) is 19.0. The van der Waals surface area contributed by atoms with E-state index in [4.69, 9.17) is 15.5 Å². The van der Waals surface area contributed by atoms with Gasteiger partial charge in [0.05, 0.1) is 12.5 Å². The highest BCUT2D eigenvalue weighted by Crippen LogP contribution is 2.32. The SMILES string of the molecule is NCCN1Cc2ccc(C(=O)C[C@H]3CC[C@@H](CC(=O)O)OB3O)cc2C1. The van der Waals surface area contributed by atoms with Crippen LogP contribution in [0.3, 0.4) is 0 Å². The lowest BCUT2D eigenvalue weighted by molar-refractivity contribution is -0.139. The Morgan fingerprint density at radius 3 is 2.69 bits per heavy atom. The zero-order valence-corrected chi connectivity index (χ0v) is 14.8. The van der Waals surface area contributed by atoms with Crippen LogP contribution in [0.1, 0.15) is 47.2 Å². The van der Waals surface area contributed by atoms with E-state index in [-0.39, 0.29) is 24.4 Å². The lowest BCUT2D eigenvalue weighted by atomic mass is 9.64. The maximum absolute atomic E-state index is 12.6.